The van der Waals surface area contributed by atoms with Crippen molar-refractivity contribution in [3.63, 3.8) is 0 Å². The second-order valence-electron chi connectivity index (χ2n) is 14.2. The summed E-state index contributed by atoms with van der Waals surface area (Å²) in [6.07, 6.45) is 3.42. The van der Waals surface area contributed by atoms with E-state index in [-0.39, 0.29) is 0 Å². The van der Waals surface area contributed by atoms with Crippen molar-refractivity contribution < 1.29 is 0 Å². The van der Waals surface area contributed by atoms with E-state index in [0.717, 1.165) is 72.3 Å². The number of allylic oxidation sites excluding steroid dienone is 2. The van der Waals surface area contributed by atoms with Gasteiger partial charge in [-0.25, -0.2) is 0 Å². The Hall–Kier alpha value is -7.76. The number of benzene rings is 8. The lowest BCUT2D eigenvalue weighted by molar-refractivity contribution is 1.17. The van der Waals surface area contributed by atoms with Crippen LogP contribution in [-0.2, 0) is 0 Å². The van der Waals surface area contributed by atoms with E-state index >= 15 is 0 Å². The van der Waals surface area contributed by atoms with E-state index in [0.29, 0.717) is 11.5 Å². The van der Waals surface area contributed by atoms with Crippen molar-refractivity contribution in [3.8, 4) is 16.8 Å². The highest BCUT2D eigenvalue weighted by Gasteiger charge is 2.17. The number of nitrogens with zero attached hydrogens (tertiary/aromatic N) is 3. The molecule has 270 valence electrons. The summed E-state index contributed by atoms with van der Waals surface area (Å²) in [4.78, 5) is 2.29. The summed E-state index contributed by atoms with van der Waals surface area (Å²) in [6.45, 7) is 0. The van der Waals surface area contributed by atoms with E-state index in [9.17, 15) is 0 Å². The Labute approximate surface area is 330 Å². The molecule has 0 bridgehead atoms. The molecule has 0 fully saturated rings. The molecule has 10 aromatic rings. The summed E-state index contributed by atoms with van der Waals surface area (Å²) in [6, 6.07) is 69.7. The molecule has 0 atom stereocenters. The largest absolute Gasteiger partial charge is 0.311 e. The monoisotopic (exact) mass is 731 g/mol. The molecule has 0 aliphatic carbocycles. The van der Waals surface area contributed by atoms with Gasteiger partial charge in [0, 0.05) is 44.3 Å². The Balaban J connectivity index is 1.03. The molecule has 2 aromatic heterocycles. The fourth-order valence-electron chi connectivity index (χ4n) is 8.15. The number of hydrogen-bond donors (Lipinski definition) is 2. The van der Waals surface area contributed by atoms with Crippen molar-refractivity contribution in [3.05, 3.63) is 218 Å². The first kappa shape index (κ1) is 33.8. The zero-order valence-electron chi connectivity index (χ0n) is 31.0. The molecule has 57 heavy (non-hydrogen) atoms. The number of anilines is 3. The highest BCUT2D eigenvalue weighted by atomic mass is 15.1. The lowest BCUT2D eigenvalue weighted by Gasteiger charge is -2.25. The number of fused-ring (bicyclic) bond motifs is 6. The number of rotatable bonds is 8. The van der Waals surface area contributed by atoms with Gasteiger partial charge >= 0.3 is 0 Å². The molecule has 2 N–H and O–H groups in total. The van der Waals surface area contributed by atoms with Gasteiger partial charge in [0.15, 0.2) is 0 Å². The second-order valence-corrected chi connectivity index (χ2v) is 14.2. The lowest BCUT2D eigenvalue weighted by atomic mass is 10.0. The number of hydrogen-bond acceptors (Lipinski definition) is 3. The minimum atomic E-state index is 0.310. The van der Waals surface area contributed by atoms with Gasteiger partial charge in [0.2, 0.25) is 0 Å². The maximum Gasteiger partial charge on any atom is 0.129 e. The predicted octanol–water partition coefficient (Wildman–Crippen LogP) is 13.5. The smallest absolute Gasteiger partial charge is 0.129 e. The van der Waals surface area contributed by atoms with Crippen LogP contribution in [0.25, 0.3) is 60.4 Å². The van der Waals surface area contributed by atoms with Gasteiger partial charge in [-0.15, -0.1) is 0 Å². The summed E-state index contributed by atoms with van der Waals surface area (Å²) in [5.41, 5.74) is 12.1. The Morgan fingerprint density at radius 1 is 0.404 bits per heavy atom. The van der Waals surface area contributed by atoms with Crippen LogP contribution in [0, 0.1) is 10.8 Å². The molecule has 0 saturated carbocycles. The van der Waals surface area contributed by atoms with Gasteiger partial charge in [-0.1, -0.05) is 115 Å². The molecule has 0 radical (unpaired) electrons. The van der Waals surface area contributed by atoms with Crippen LogP contribution in [0.4, 0.5) is 17.1 Å². The Bertz CT molecular complexity index is 3100. The van der Waals surface area contributed by atoms with Gasteiger partial charge in [-0.2, -0.15) is 0 Å². The standard InChI is InChI=1S/C52H37N5/c53-47(36-14-4-1-5-15-36)30-33-52(54)57-49-23-13-11-21-44(49)46-35-38(25-32-51(46)57)37-24-31-50-45(34-37)43-20-10-12-22-48(43)56(50)42-28-26-41(27-29-42)55(39-16-6-2-7-17-39)40-18-8-3-9-19-40/h1-35,53-54H/b33-30-,53-47?,54-52?. The maximum atomic E-state index is 9.11. The van der Waals surface area contributed by atoms with Gasteiger partial charge in [-0.05, 0) is 114 Å². The summed E-state index contributed by atoms with van der Waals surface area (Å²) in [7, 11) is 0. The molecule has 0 saturated heterocycles. The van der Waals surface area contributed by atoms with Crippen molar-refractivity contribution >= 4 is 72.2 Å². The third-order valence-corrected chi connectivity index (χ3v) is 10.8. The van der Waals surface area contributed by atoms with Crippen molar-refractivity contribution in [2.75, 3.05) is 4.90 Å². The fourth-order valence-corrected chi connectivity index (χ4v) is 8.15. The number of para-hydroxylation sites is 4. The highest BCUT2D eigenvalue weighted by molar-refractivity contribution is 6.18. The third-order valence-electron chi connectivity index (χ3n) is 10.8. The van der Waals surface area contributed by atoms with Gasteiger partial charge in [0.25, 0.3) is 0 Å². The first-order chi connectivity index (χ1) is 28.1. The molecular weight excluding hydrogens is 695 g/mol. The zero-order valence-corrected chi connectivity index (χ0v) is 31.0. The predicted molar refractivity (Wildman–Crippen MR) is 239 cm³/mol. The summed E-state index contributed by atoms with van der Waals surface area (Å²) < 4.78 is 4.34. The van der Waals surface area contributed by atoms with Crippen LogP contribution in [0.2, 0.25) is 0 Å². The van der Waals surface area contributed by atoms with E-state index in [1.54, 1.807) is 12.2 Å². The van der Waals surface area contributed by atoms with Crippen molar-refractivity contribution in [2.45, 2.75) is 0 Å². The minimum Gasteiger partial charge on any atom is -0.311 e. The molecule has 5 heteroatoms. The topological polar surface area (TPSA) is 60.8 Å². The lowest BCUT2D eigenvalue weighted by Crippen LogP contribution is -2.09. The molecule has 0 aliphatic rings. The SMILES string of the molecule is N=C(/C=C\C(=N)n1c2ccccc2c2cc(-c3ccc4c(c3)c3ccccc3n4-c3ccc(N(c4ccccc4)c4ccccc4)cc3)ccc21)c1ccccc1. The second kappa shape index (κ2) is 14.1. The first-order valence-corrected chi connectivity index (χ1v) is 19.1. The molecule has 8 aromatic carbocycles. The number of aromatic nitrogens is 2. The van der Waals surface area contributed by atoms with Crippen LogP contribution in [0.15, 0.2) is 212 Å². The average molecular weight is 732 g/mol. The number of nitrogens with one attached hydrogen (secondary N) is 2. The van der Waals surface area contributed by atoms with Crippen molar-refractivity contribution in [1.82, 2.24) is 9.13 Å². The summed E-state index contributed by atoms with van der Waals surface area (Å²) in [5.74, 6) is 0.310. The minimum absolute atomic E-state index is 0.310. The van der Waals surface area contributed by atoms with Crippen molar-refractivity contribution in [1.29, 1.82) is 10.8 Å². The van der Waals surface area contributed by atoms with Crippen LogP contribution in [0.1, 0.15) is 5.56 Å². The van der Waals surface area contributed by atoms with Gasteiger partial charge in [0.1, 0.15) is 5.84 Å². The van der Waals surface area contributed by atoms with Gasteiger partial charge in [0.05, 0.1) is 27.8 Å². The van der Waals surface area contributed by atoms with E-state index in [4.69, 9.17) is 10.8 Å². The average Bonchev–Trinajstić information content (AvgIpc) is 3.79. The molecule has 2 heterocycles. The Morgan fingerprint density at radius 2 is 0.860 bits per heavy atom. The van der Waals surface area contributed by atoms with Gasteiger partial charge < -0.3 is 14.9 Å². The maximum absolute atomic E-state index is 9.11. The molecule has 10 rings (SSSR count). The van der Waals surface area contributed by atoms with Crippen molar-refractivity contribution in [2.24, 2.45) is 0 Å². The van der Waals surface area contributed by atoms with E-state index in [1.165, 1.54) is 10.8 Å². The fraction of sp³-hybridized carbons (Fsp3) is 0. The summed E-state index contributed by atoms with van der Waals surface area (Å²) >= 11 is 0. The van der Waals surface area contributed by atoms with Crippen LogP contribution < -0.4 is 4.90 Å². The summed E-state index contributed by atoms with van der Waals surface area (Å²) in [5, 5.41) is 22.2. The van der Waals surface area contributed by atoms with Crippen LogP contribution >= 0.6 is 0 Å². The highest BCUT2D eigenvalue weighted by Crippen LogP contribution is 2.39. The Morgan fingerprint density at radius 3 is 1.49 bits per heavy atom. The Kier molecular flexibility index (Phi) is 8.38. The van der Waals surface area contributed by atoms with E-state index in [2.05, 4.69) is 173 Å². The molecule has 0 spiro atoms. The normalized spacial score (nSPS) is 11.6. The molecule has 0 amide bonds. The van der Waals surface area contributed by atoms with Gasteiger partial charge in [-0.3, -0.25) is 9.98 Å². The van der Waals surface area contributed by atoms with E-state index < -0.39 is 0 Å². The third kappa shape index (κ3) is 5.99. The first-order valence-electron chi connectivity index (χ1n) is 19.1. The van der Waals surface area contributed by atoms with Crippen LogP contribution in [-0.4, -0.2) is 20.7 Å². The zero-order chi connectivity index (χ0) is 38.3. The van der Waals surface area contributed by atoms with Crippen LogP contribution in [0.5, 0.6) is 0 Å². The molecule has 5 nitrogen and oxygen atoms in total. The quantitative estimate of drug-likeness (QED) is 0.119. The van der Waals surface area contributed by atoms with E-state index in [1.807, 2.05) is 41.0 Å². The molecule has 0 unspecified atom stereocenters. The molecule has 0 aliphatic heterocycles. The molecular formula is C52H37N5. The van der Waals surface area contributed by atoms with Crippen LogP contribution in [0.3, 0.4) is 0 Å².